The Bertz CT molecular complexity index is 212. The van der Waals surface area contributed by atoms with E-state index in [-0.39, 0.29) is 12.4 Å². The maximum Gasteiger partial charge on any atom is 0.139 e. The highest BCUT2D eigenvalue weighted by molar-refractivity contribution is 5.73. The lowest BCUT2D eigenvalue weighted by molar-refractivity contribution is 0.242. The molecule has 0 saturated carbocycles. The molecule has 0 rings (SSSR count). The number of halogens is 1. The quantitative estimate of drug-likeness (QED) is 0.294. The van der Waals surface area contributed by atoms with E-state index >= 15 is 0 Å². The highest BCUT2D eigenvalue weighted by atomic mass is 19.1. The van der Waals surface area contributed by atoms with Crippen LogP contribution in [-0.4, -0.2) is 19.0 Å². The predicted molar refractivity (Wildman–Crippen MR) is 57.8 cm³/mol. The van der Waals surface area contributed by atoms with E-state index in [9.17, 15) is 4.39 Å². The van der Waals surface area contributed by atoms with E-state index in [1.807, 2.05) is 13.8 Å². The predicted octanol–water partition coefficient (Wildman–Crippen LogP) is 3.09. The van der Waals surface area contributed by atoms with Crippen LogP contribution < -0.4 is 0 Å². The van der Waals surface area contributed by atoms with Gasteiger partial charge >= 0.3 is 0 Å². The summed E-state index contributed by atoms with van der Waals surface area (Å²) in [5.74, 6) is -0.535. The molecule has 0 aliphatic heterocycles. The Morgan fingerprint density at radius 3 is 2.36 bits per heavy atom. The molecule has 0 unspecified atom stereocenters. The number of ether oxygens (including phenoxy) is 1. The van der Waals surface area contributed by atoms with Crippen LogP contribution in [0.1, 0.15) is 20.3 Å². The van der Waals surface area contributed by atoms with Crippen LogP contribution in [0.3, 0.4) is 0 Å². The summed E-state index contributed by atoms with van der Waals surface area (Å²) < 4.78 is 17.1. The largest absolute Gasteiger partial charge is 0.492 e. The number of nitrogens with one attached hydrogen (secondary N) is 2. The smallest absolute Gasteiger partial charge is 0.139 e. The first-order valence-electron chi connectivity index (χ1n) is 4.39. The summed E-state index contributed by atoms with van der Waals surface area (Å²) in [6, 6.07) is 0. The third-order valence-electron chi connectivity index (χ3n) is 0.972. The number of allylic oxidation sites excluding steroid dienone is 3. The minimum absolute atomic E-state index is 0.115. The Morgan fingerprint density at radius 1 is 1.43 bits per heavy atom. The number of hydrogen-bond acceptors (Lipinski definition) is 3. The van der Waals surface area contributed by atoms with Gasteiger partial charge in [0.25, 0.3) is 0 Å². The number of rotatable bonds is 6. The SMILES string of the molecule is C=C(F)/C=C(\C=N)OCCC=N.CC. The van der Waals surface area contributed by atoms with Gasteiger partial charge in [-0.05, 0) is 6.21 Å². The van der Waals surface area contributed by atoms with E-state index in [2.05, 4.69) is 6.58 Å². The van der Waals surface area contributed by atoms with Gasteiger partial charge in [0.2, 0.25) is 0 Å². The van der Waals surface area contributed by atoms with Crippen molar-refractivity contribution >= 4 is 12.4 Å². The minimum atomic E-state index is -0.650. The molecule has 0 heterocycles. The lowest BCUT2D eigenvalue weighted by Crippen LogP contribution is -1.96. The average molecular weight is 200 g/mol. The van der Waals surface area contributed by atoms with Gasteiger partial charge in [0.15, 0.2) is 0 Å². The minimum Gasteiger partial charge on any atom is -0.492 e. The fraction of sp³-hybridized carbons (Fsp3) is 0.400. The second-order valence-electron chi connectivity index (χ2n) is 1.98. The van der Waals surface area contributed by atoms with E-state index in [1.165, 1.54) is 6.21 Å². The molecule has 0 aromatic carbocycles. The summed E-state index contributed by atoms with van der Waals surface area (Å²) in [6.45, 7) is 7.28. The first-order chi connectivity index (χ1) is 6.70. The molecule has 14 heavy (non-hydrogen) atoms. The van der Waals surface area contributed by atoms with E-state index < -0.39 is 5.83 Å². The number of hydrogen-bond donors (Lipinski definition) is 2. The van der Waals surface area contributed by atoms with Crippen LogP contribution in [0, 0.1) is 10.8 Å². The van der Waals surface area contributed by atoms with Crippen molar-refractivity contribution in [3.8, 4) is 0 Å². The molecular formula is C10H17FN2O. The zero-order valence-corrected chi connectivity index (χ0v) is 8.64. The Kier molecular flexibility index (Phi) is 12.4. The van der Waals surface area contributed by atoms with E-state index in [0.29, 0.717) is 6.42 Å². The van der Waals surface area contributed by atoms with Gasteiger partial charge in [-0.2, -0.15) is 0 Å². The summed E-state index contributed by atoms with van der Waals surface area (Å²) >= 11 is 0. The molecule has 0 aromatic heterocycles. The molecule has 4 heteroatoms. The lowest BCUT2D eigenvalue weighted by Gasteiger charge is -2.02. The molecule has 0 bridgehead atoms. The molecule has 0 spiro atoms. The highest BCUT2D eigenvalue weighted by Gasteiger charge is 1.93. The second kappa shape index (κ2) is 11.6. The van der Waals surface area contributed by atoms with Crippen LogP contribution in [0.25, 0.3) is 0 Å². The van der Waals surface area contributed by atoms with Gasteiger partial charge in [-0.1, -0.05) is 20.4 Å². The Morgan fingerprint density at radius 2 is 2.00 bits per heavy atom. The van der Waals surface area contributed by atoms with Gasteiger partial charge in [0, 0.05) is 12.5 Å². The Balaban J connectivity index is 0. The second-order valence-corrected chi connectivity index (χ2v) is 1.98. The zero-order chi connectivity index (χ0) is 11.4. The van der Waals surface area contributed by atoms with Crippen molar-refractivity contribution in [2.75, 3.05) is 6.61 Å². The third-order valence-corrected chi connectivity index (χ3v) is 0.972. The molecular weight excluding hydrogens is 183 g/mol. The molecule has 0 radical (unpaired) electrons. The van der Waals surface area contributed by atoms with Crippen molar-refractivity contribution in [3.63, 3.8) is 0 Å². The normalized spacial score (nSPS) is 9.50. The molecule has 80 valence electrons. The van der Waals surface area contributed by atoms with Crippen molar-refractivity contribution in [3.05, 3.63) is 24.2 Å². The molecule has 0 amide bonds. The van der Waals surface area contributed by atoms with Crippen LogP contribution in [0.2, 0.25) is 0 Å². The van der Waals surface area contributed by atoms with Gasteiger partial charge in [-0.15, -0.1) is 0 Å². The van der Waals surface area contributed by atoms with Gasteiger partial charge in [-0.25, -0.2) is 4.39 Å². The maximum absolute atomic E-state index is 12.1. The van der Waals surface area contributed by atoms with Crippen LogP contribution in [0.4, 0.5) is 4.39 Å². The maximum atomic E-state index is 12.1. The van der Waals surface area contributed by atoms with Crippen LogP contribution in [-0.2, 0) is 4.74 Å². The molecule has 0 saturated heterocycles. The monoisotopic (exact) mass is 200 g/mol. The standard InChI is InChI=1S/C8H11FN2O.C2H6/c1-7(9)5-8(6-11)12-4-2-3-10;1-2/h3,5-6,10-11H,1-2,4H2;1-2H3/b8-5+,10-3?,11-6?;. The van der Waals surface area contributed by atoms with Gasteiger partial charge < -0.3 is 15.6 Å². The van der Waals surface area contributed by atoms with E-state index in [0.717, 1.165) is 12.3 Å². The first-order valence-corrected chi connectivity index (χ1v) is 4.39. The average Bonchev–Trinajstić information content (AvgIpc) is 2.19. The first kappa shape index (κ1) is 15.0. The molecule has 3 nitrogen and oxygen atoms in total. The molecule has 2 N–H and O–H groups in total. The van der Waals surface area contributed by atoms with Crippen LogP contribution in [0.15, 0.2) is 24.2 Å². The van der Waals surface area contributed by atoms with Crippen molar-refractivity contribution in [2.45, 2.75) is 20.3 Å². The topological polar surface area (TPSA) is 56.9 Å². The van der Waals surface area contributed by atoms with Crippen molar-refractivity contribution in [2.24, 2.45) is 0 Å². The third kappa shape index (κ3) is 10.6. The summed E-state index contributed by atoms with van der Waals surface area (Å²) in [5.41, 5.74) is 0. The molecule has 0 atom stereocenters. The van der Waals surface area contributed by atoms with Crippen molar-refractivity contribution in [1.82, 2.24) is 0 Å². The summed E-state index contributed by atoms with van der Waals surface area (Å²) in [7, 11) is 0. The Hall–Kier alpha value is -1.45. The molecule has 0 fully saturated rings. The van der Waals surface area contributed by atoms with E-state index in [1.54, 1.807) is 0 Å². The van der Waals surface area contributed by atoms with Gasteiger partial charge in [0.1, 0.15) is 11.6 Å². The fourth-order valence-electron chi connectivity index (χ4n) is 0.515. The molecule has 0 aromatic rings. The molecule has 0 aliphatic carbocycles. The lowest BCUT2D eigenvalue weighted by atomic mass is 10.4. The zero-order valence-electron chi connectivity index (χ0n) is 8.64. The van der Waals surface area contributed by atoms with Crippen molar-refractivity contribution in [1.29, 1.82) is 10.8 Å². The Labute approximate surface area is 84.3 Å². The van der Waals surface area contributed by atoms with Gasteiger partial charge in [0.05, 0.1) is 12.8 Å². The van der Waals surface area contributed by atoms with Gasteiger partial charge in [-0.3, -0.25) is 0 Å². The highest BCUT2D eigenvalue weighted by Crippen LogP contribution is 2.01. The van der Waals surface area contributed by atoms with E-state index in [4.69, 9.17) is 15.6 Å². The summed E-state index contributed by atoms with van der Waals surface area (Å²) in [5, 5.41) is 13.5. The fourth-order valence-corrected chi connectivity index (χ4v) is 0.515. The molecule has 0 aliphatic rings. The van der Waals surface area contributed by atoms with Crippen LogP contribution in [0.5, 0.6) is 0 Å². The summed E-state index contributed by atoms with van der Waals surface area (Å²) in [4.78, 5) is 0. The summed E-state index contributed by atoms with van der Waals surface area (Å²) in [6.07, 6.45) is 3.56. The van der Waals surface area contributed by atoms with Crippen LogP contribution >= 0.6 is 0 Å². The van der Waals surface area contributed by atoms with Crippen molar-refractivity contribution < 1.29 is 9.13 Å².